The van der Waals surface area contributed by atoms with Gasteiger partial charge < -0.3 is 24.5 Å². The Labute approximate surface area is 391 Å². The van der Waals surface area contributed by atoms with Crippen LogP contribution >= 0.6 is 11.6 Å². The minimum Gasteiger partial charge on any atom is -0.494 e. The summed E-state index contributed by atoms with van der Waals surface area (Å²) in [5.41, 5.74) is 8.26. The average Bonchev–Trinajstić information content (AvgIpc) is 3.89. The molecule has 2 aliphatic heterocycles. The van der Waals surface area contributed by atoms with Crippen molar-refractivity contribution in [3.63, 3.8) is 0 Å². The number of hydrogen-bond acceptors (Lipinski definition) is 10. The number of benzene rings is 3. The van der Waals surface area contributed by atoms with Crippen LogP contribution in [-0.4, -0.2) is 111 Å². The highest BCUT2D eigenvalue weighted by Gasteiger charge is 2.43. The van der Waals surface area contributed by atoms with Crippen molar-refractivity contribution < 1.29 is 38.6 Å². The predicted octanol–water partition coefficient (Wildman–Crippen LogP) is 8.00. The molecule has 2 aromatic heterocycles. The van der Waals surface area contributed by atoms with Gasteiger partial charge in [-0.3, -0.25) is 39.0 Å². The second-order valence-electron chi connectivity index (χ2n) is 16.5. The summed E-state index contributed by atoms with van der Waals surface area (Å²) in [6.45, 7) is 19.1. The Bertz CT molecular complexity index is 2570. The zero-order valence-corrected chi connectivity index (χ0v) is 39.8. The van der Waals surface area contributed by atoms with Gasteiger partial charge in [-0.2, -0.15) is 5.10 Å². The normalized spacial score (nSPS) is 14.2. The quantitative estimate of drug-likeness (QED) is 0.0392. The second-order valence-corrected chi connectivity index (χ2v) is 16.8. The lowest BCUT2D eigenvalue weighted by molar-refractivity contribution is -0.128. The third-order valence-corrected chi connectivity index (χ3v) is 12.8. The number of imide groups is 2. The summed E-state index contributed by atoms with van der Waals surface area (Å²) in [5.74, 6) is -2.11. The van der Waals surface area contributed by atoms with Gasteiger partial charge in [0.1, 0.15) is 17.5 Å². The number of fused-ring (bicyclic) bond motifs is 2. The van der Waals surface area contributed by atoms with E-state index in [1.165, 1.54) is 0 Å². The Morgan fingerprint density at radius 1 is 0.939 bits per heavy atom. The number of aryl methyl sites for hydroxylation is 5. The average molecular weight is 925 g/mol. The number of ether oxygens (including phenoxy) is 2. The molecule has 7 rings (SSSR count). The predicted molar refractivity (Wildman–Crippen MR) is 256 cm³/mol. The third-order valence-electron chi connectivity index (χ3n) is 12.2. The van der Waals surface area contributed by atoms with Crippen molar-refractivity contribution in [2.24, 2.45) is 0 Å². The molecule has 0 saturated carbocycles. The van der Waals surface area contributed by atoms with Gasteiger partial charge in [0.05, 0.1) is 42.2 Å². The highest BCUT2D eigenvalue weighted by molar-refractivity contribution is 6.32. The Hall–Kier alpha value is -6.03. The van der Waals surface area contributed by atoms with E-state index in [1.54, 1.807) is 18.2 Å². The standard InChI is InChI=1S/C48H56ClN7O8.C2H6/c1-6-11-39(45(58)51-28-57)56-46(59)37-14-8-16-38(41(37)47(56)60)50-17-10-18-55-32(5)40(31(4)52-55)36-13-7-12-34-35(15-9-23-64-33-26-29(2)42(49)30(3)27-33)44(48(61)62)54(43(34)36)20-19-53-21-24-63-25-22-53;1-2/h7-8,12-14,16,26-28,39,50H,6,9-11,15,17-25H2,1-5H3,(H,61,62)(H,51,57,58);1-2H3. The van der Waals surface area contributed by atoms with Gasteiger partial charge in [-0.05, 0) is 94.3 Å². The van der Waals surface area contributed by atoms with E-state index in [-0.39, 0.29) is 29.7 Å². The Morgan fingerprint density at radius 3 is 2.32 bits per heavy atom. The van der Waals surface area contributed by atoms with E-state index in [0.29, 0.717) is 82.4 Å². The summed E-state index contributed by atoms with van der Waals surface area (Å²) in [6.07, 6.45) is 2.71. The van der Waals surface area contributed by atoms with Gasteiger partial charge >= 0.3 is 5.97 Å². The molecular formula is C50H62ClN7O8. The van der Waals surface area contributed by atoms with Crippen LogP contribution in [0.15, 0.2) is 48.5 Å². The van der Waals surface area contributed by atoms with E-state index in [1.807, 2.05) is 88.0 Å². The van der Waals surface area contributed by atoms with Crippen molar-refractivity contribution in [2.75, 3.05) is 51.3 Å². The van der Waals surface area contributed by atoms with Crippen LogP contribution in [-0.2, 0) is 33.8 Å². The number of para-hydroxylation sites is 1. The molecule has 3 aromatic carbocycles. The van der Waals surface area contributed by atoms with Crippen LogP contribution in [0.25, 0.3) is 22.0 Å². The first-order valence-electron chi connectivity index (χ1n) is 23.0. The molecule has 4 amide bonds. The number of amides is 4. The van der Waals surface area contributed by atoms with E-state index in [4.69, 9.17) is 26.2 Å². The molecule has 0 aliphatic carbocycles. The van der Waals surface area contributed by atoms with Crippen molar-refractivity contribution in [2.45, 2.75) is 99.7 Å². The number of hydrogen-bond donors (Lipinski definition) is 3. The van der Waals surface area contributed by atoms with Gasteiger partial charge in [-0.25, -0.2) is 4.79 Å². The van der Waals surface area contributed by atoms with Crippen molar-refractivity contribution >= 4 is 58.3 Å². The fraction of sp³-hybridized carbons (Fsp3) is 0.440. The zero-order valence-electron chi connectivity index (χ0n) is 39.1. The lowest BCUT2D eigenvalue weighted by Gasteiger charge is -2.27. The fourth-order valence-electron chi connectivity index (χ4n) is 9.19. The monoisotopic (exact) mass is 923 g/mol. The number of anilines is 1. The molecule has 1 atom stereocenters. The molecule has 1 fully saturated rings. The Kier molecular flexibility index (Phi) is 16.8. The largest absolute Gasteiger partial charge is 0.494 e. The van der Waals surface area contributed by atoms with Crippen LogP contribution in [0, 0.1) is 27.7 Å². The number of carbonyl (C=O) groups is 5. The number of carbonyl (C=O) groups excluding carboxylic acids is 4. The van der Waals surface area contributed by atoms with E-state index in [0.717, 1.165) is 73.8 Å². The molecular weight excluding hydrogens is 862 g/mol. The molecule has 0 bridgehead atoms. The van der Waals surface area contributed by atoms with Crippen LogP contribution in [0.4, 0.5) is 5.69 Å². The van der Waals surface area contributed by atoms with Crippen molar-refractivity contribution in [1.82, 2.24) is 29.5 Å². The fourth-order valence-corrected chi connectivity index (χ4v) is 9.30. The van der Waals surface area contributed by atoms with Crippen LogP contribution in [0.1, 0.15) is 106 Å². The van der Waals surface area contributed by atoms with Crippen LogP contribution in [0.5, 0.6) is 5.75 Å². The summed E-state index contributed by atoms with van der Waals surface area (Å²) >= 11 is 6.39. The molecule has 1 saturated heterocycles. The maximum Gasteiger partial charge on any atom is 0.352 e. The second kappa shape index (κ2) is 22.4. The van der Waals surface area contributed by atoms with E-state index >= 15 is 0 Å². The Balaban J connectivity index is 0.00000355. The molecule has 1 unspecified atom stereocenters. The number of nitrogens with zero attached hydrogens (tertiary/aromatic N) is 5. The minimum absolute atomic E-state index is 0.199. The van der Waals surface area contributed by atoms with Gasteiger partial charge in [0.2, 0.25) is 12.3 Å². The first kappa shape index (κ1) is 49.4. The molecule has 3 N–H and O–H groups in total. The molecule has 0 radical (unpaired) electrons. The maximum atomic E-state index is 13.7. The molecule has 0 spiro atoms. The SMILES string of the molecule is CC.CCCC(C(=O)NC=O)N1C(=O)c2cccc(NCCCn3nc(C)c(-c4cccc5c(CCCOc6cc(C)c(Cl)c(C)c6)c(C(=O)O)n(CCN6CCOCC6)c45)c3C)c2C1=O. The van der Waals surface area contributed by atoms with Crippen molar-refractivity contribution in [3.05, 3.63) is 98.5 Å². The molecule has 66 heavy (non-hydrogen) atoms. The van der Waals surface area contributed by atoms with Gasteiger partial charge in [0.15, 0.2) is 0 Å². The summed E-state index contributed by atoms with van der Waals surface area (Å²) in [7, 11) is 0. The summed E-state index contributed by atoms with van der Waals surface area (Å²) in [5, 5.41) is 22.9. The zero-order chi connectivity index (χ0) is 47.7. The van der Waals surface area contributed by atoms with Gasteiger partial charge in [0, 0.05) is 72.2 Å². The lowest BCUT2D eigenvalue weighted by atomic mass is 9.98. The summed E-state index contributed by atoms with van der Waals surface area (Å²) in [6, 6.07) is 13.8. The Morgan fingerprint density at radius 2 is 1.64 bits per heavy atom. The number of aromatic carboxylic acids is 1. The number of carboxylic acid groups (broad SMARTS) is 1. The van der Waals surface area contributed by atoms with Gasteiger partial charge in [-0.1, -0.05) is 63.1 Å². The molecule has 2 aliphatic rings. The van der Waals surface area contributed by atoms with Crippen molar-refractivity contribution in [3.8, 4) is 16.9 Å². The van der Waals surface area contributed by atoms with E-state index in [2.05, 4.69) is 15.5 Å². The van der Waals surface area contributed by atoms with Crippen LogP contribution in [0.2, 0.25) is 5.02 Å². The van der Waals surface area contributed by atoms with Crippen LogP contribution in [0.3, 0.4) is 0 Å². The molecule has 352 valence electrons. The molecule has 15 nitrogen and oxygen atoms in total. The smallest absolute Gasteiger partial charge is 0.352 e. The van der Waals surface area contributed by atoms with Crippen LogP contribution < -0.4 is 15.4 Å². The number of halogens is 1. The number of rotatable bonds is 20. The number of carboxylic acids is 1. The highest BCUT2D eigenvalue weighted by atomic mass is 35.5. The van der Waals surface area contributed by atoms with Gasteiger partial charge in [0.25, 0.3) is 11.8 Å². The molecule has 5 aromatic rings. The third kappa shape index (κ3) is 10.3. The number of nitrogens with one attached hydrogen (secondary N) is 2. The summed E-state index contributed by atoms with van der Waals surface area (Å²) in [4.78, 5) is 67.5. The maximum absolute atomic E-state index is 13.7. The lowest BCUT2D eigenvalue weighted by Crippen LogP contribution is -2.49. The minimum atomic E-state index is -1.11. The van der Waals surface area contributed by atoms with E-state index in [9.17, 15) is 29.1 Å². The van der Waals surface area contributed by atoms with Gasteiger partial charge in [-0.15, -0.1) is 0 Å². The number of morpholine rings is 1. The topological polar surface area (TPSA) is 177 Å². The molecule has 4 heterocycles. The van der Waals surface area contributed by atoms with Crippen molar-refractivity contribution in [1.29, 1.82) is 0 Å². The van der Waals surface area contributed by atoms with E-state index < -0.39 is 29.7 Å². The summed E-state index contributed by atoms with van der Waals surface area (Å²) < 4.78 is 15.7. The first-order valence-corrected chi connectivity index (χ1v) is 23.3. The molecule has 16 heteroatoms. The number of aromatic nitrogens is 3. The first-order chi connectivity index (χ1) is 31.9. The highest BCUT2D eigenvalue weighted by Crippen LogP contribution is 2.39.